The van der Waals surface area contributed by atoms with Gasteiger partial charge in [-0.1, -0.05) is 6.07 Å². The second-order valence-corrected chi connectivity index (χ2v) is 7.00. The first kappa shape index (κ1) is 19.3. The van der Waals surface area contributed by atoms with Gasteiger partial charge in [0, 0.05) is 50.8 Å². The van der Waals surface area contributed by atoms with Crippen LogP contribution in [0.4, 0.5) is 0 Å². The highest BCUT2D eigenvalue weighted by molar-refractivity contribution is 14.0. The average molecular weight is 470 g/mol. The van der Waals surface area contributed by atoms with Gasteiger partial charge >= 0.3 is 0 Å². The van der Waals surface area contributed by atoms with Crippen molar-refractivity contribution in [1.29, 1.82) is 0 Å². The highest BCUT2D eigenvalue weighted by atomic mass is 127. The summed E-state index contributed by atoms with van der Waals surface area (Å²) in [4.78, 5) is 7.23. The molecule has 8 heteroatoms. The lowest BCUT2D eigenvalue weighted by atomic mass is 9.87. The predicted molar refractivity (Wildman–Crippen MR) is 112 cm³/mol. The van der Waals surface area contributed by atoms with Gasteiger partial charge in [0.05, 0.1) is 6.61 Å². The number of rotatable bonds is 4. The Labute approximate surface area is 171 Å². The van der Waals surface area contributed by atoms with E-state index < -0.39 is 0 Å². The van der Waals surface area contributed by atoms with Gasteiger partial charge in [-0.3, -0.25) is 9.39 Å². The molecule has 1 unspecified atom stereocenters. The van der Waals surface area contributed by atoms with E-state index in [1.807, 2.05) is 28.8 Å². The fourth-order valence-corrected chi connectivity index (χ4v) is 3.84. The second-order valence-electron chi connectivity index (χ2n) is 7.00. The monoisotopic (exact) mass is 470 g/mol. The number of ether oxygens (including phenoxy) is 1. The number of nitrogens with one attached hydrogen (secondary N) is 1. The van der Waals surface area contributed by atoms with Crippen LogP contribution in [0.2, 0.25) is 0 Å². The third-order valence-electron chi connectivity index (χ3n) is 5.24. The maximum absolute atomic E-state index is 5.64. The Morgan fingerprint density at radius 3 is 3.08 bits per heavy atom. The Morgan fingerprint density at radius 2 is 2.27 bits per heavy atom. The van der Waals surface area contributed by atoms with Crippen molar-refractivity contribution in [2.45, 2.75) is 26.2 Å². The summed E-state index contributed by atoms with van der Waals surface area (Å²) in [6.45, 7) is 7.61. The summed E-state index contributed by atoms with van der Waals surface area (Å²) in [5.41, 5.74) is 1.23. The van der Waals surface area contributed by atoms with Crippen LogP contribution < -0.4 is 5.32 Å². The molecule has 0 aromatic carbocycles. The van der Waals surface area contributed by atoms with Gasteiger partial charge in [-0.25, -0.2) is 0 Å². The van der Waals surface area contributed by atoms with Gasteiger partial charge in [-0.05, 0) is 31.9 Å². The van der Waals surface area contributed by atoms with Gasteiger partial charge in [0.15, 0.2) is 11.6 Å². The highest BCUT2D eigenvalue weighted by Crippen LogP contribution is 2.38. The molecule has 2 aromatic rings. The zero-order valence-electron chi connectivity index (χ0n) is 15.2. The second kappa shape index (κ2) is 8.51. The predicted octanol–water partition coefficient (Wildman–Crippen LogP) is 1.97. The minimum Gasteiger partial charge on any atom is -0.381 e. The smallest absolute Gasteiger partial charge is 0.193 e. The number of guanidine groups is 1. The van der Waals surface area contributed by atoms with Crippen molar-refractivity contribution in [3.63, 3.8) is 0 Å². The van der Waals surface area contributed by atoms with E-state index >= 15 is 0 Å². The first-order valence-corrected chi connectivity index (χ1v) is 9.19. The number of fused-ring (bicyclic) bond motifs is 1. The van der Waals surface area contributed by atoms with Gasteiger partial charge < -0.3 is 15.0 Å². The lowest BCUT2D eigenvalue weighted by Gasteiger charge is -2.24. The molecule has 0 bridgehead atoms. The lowest BCUT2D eigenvalue weighted by Crippen LogP contribution is -2.41. The van der Waals surface area contributed by atoms with Gasteiger partial charge in [-0.15, -0.1) is 34.2 Å². The third-order valence-corrected chi connectivity index (χ3v) is 5.24. The molecule has 2 aliphatic heterocycles. The van der Waals surface area contributed by atoms with Gasteiger partial charge in [0.1, 0.15) is 5.82 Å². The molecule has 2 aliphatic rings. The van der Waals surface area contributed by atoms with Crippen LogP contribution >= 0.6 is 24.0 Å². The van der Waals surface area contributed by atoms with Gasteiger partial charge in [-0.2, -0.15) is 0 Å². The molecule has 0 saturated carbocycles. The van der Waals surface area contributed by atoms with E-state index in [0.717, 1.165) is 56.7 Å². The van der Waals surface area contributed by atoms with Crippen molar-refractivity contribution < 1.29 is 4.74 Å². The molecule has 0 aliphatic carbocycles. The topological polar surface area (TPSA) is 67.0 Å². The van der Waals surface area contributed by atoms with E-state index in [-0.39, 0.29) is 24.0 Å². The van der Waals surface area contributed by atoms with Crippen LogP contribution in [-0.4, -0.2) is 64.9 Å². The van der Waals surface area contributed by atoms with E-state index in [9.17, 15) is 0 Å². The Balaban J connectivity index is 0.00000196. The number of aliphatic imine (C=N–C) groups is 1. The summed E-state index contributed by atoms with van der Waals surface area (Å²) < 4.78 is 7.67. The number of nitrogens with zero attached hydrogens (tertiary/aromatic N) is 5. The normalized spacial score (nSPS) is 23.0. The zero-order chi connectivity index (χ0) is 17.1. The van der Waals surface area contributed by atoms with E-state index in [1.54, 1.807) is 0 Å². The maximum Gasteiger partial charge on any atom is 0.193 e. The molecule has 0 amide bonds. The Morgan fingerprint density at radius 1 is 1.35 bits per heavy atom. The molecule has 2 aromatic heterocycles. The molecule has 1 atom stereocenters. The van der Waals surface area contributed by atoms with Crippen LogP contribution in [0.25, 0.3) is 5.65 Å². The molecular formula is C18H27IN6O. The summed E-state index contributed by atoms with van der Waals surface area (Å²) in [6.07, 6.45) is 5.16. The van der Waals surface area contributed by atoms with Gasteiger partial charge in [0.2, 0.25) is 0 Å². The molecule has 2 fully saturated rings. The molecule has 0 radical (unpaired) electrons. The van der Waals surface area contributed by atoms with Crippen LogP contribution in [-0.2, 0) is 11.2 Å². The zero-order valence-corrected chi connectivity index (χ0v) is 17.6. The summed E-state index contributed by atoms with van der Waals surface area (Å²) in [5, 5.41) is 11.9. The number of hydrogen-bond acceptors (Lipinski definition) is 4. The summed E-state index contributed by atoms with van der Waals surface area (Å²) in [5.74, 6) is 1.97. The summed E-state index contributed by atoms with van der Waals surface area (Å²) >= 11 is 0. The Hall–Kier alpha value is -1.42. The molecule has 4 heterocycles. The van der Waals surface area contributed by atoms with Crippen LogP contribution in [0.15, 0.2) is 29.4 Å². The van der Waals surface area contributed by atoms with E-state index in [1.165, 1.54) is 12.8 Å². The summed E-state index contributed by atoms with van der Waals surface area (Å²) in [6, 6.07) is 5.95. The molecule has 26 heavy (non-hydrogen) atoms. The standard InChI is InChI=1S/C18H26N6O.HI/c1-2-19-17(23-11-7-18(13-23)8-12-25-14-18)20-9-6-16-22-21-15-5-3-4-10-24(15)16;/h3-5,10H,2,6-9,11-14H2,1H3,(H,19,20);1H. The molecule has 142 valence electrons. The van der Waals surface area contributed by atoms with E-state index in [0.29, 0.717) is 12.0 Å². The van der Waals surface area contributed by atoms with E-state index in [4.69, 9.17) is 9.73 Å². The highest BCUT2D eigenvalue weighted by Gasteiger charge is 2.42. The molecular weight excluding hydrogens is 443 g/mol. The molecule has 1 spiro atoms. The number of aromatic nitrogens is 3. The van der Waals surface area contributed by atoms with E-state index in [2.05, 4.69) is 27.3 Å². The summed E-state index contributed by atoms with van der Waals surface area (Å²) in [7, 11) is 0. The molecule has 1 N–H and O–H groups in total. The molecule has 4 rings (SSSR count). The van der Waals surface area contributed by atoms with Crippen LogP contribution in [0.5, 0.6) is 0 Å². The molecule has 2 saturated heterocycles. The van der Waals surface area contributed by atoms with Crippen molar-refractivity contribution in [3.05, 3.63) is 30.2 Å². The largest absolute Gasteiger partial charge is 0.381 e. The lowest BCUT2D eigenvalue weighted by molar-refractivity contribution is 0.156. The van der Waals surface area contributed by atoms with Crippen LogP contribution in [0.3, 0.4) is 0 Å². The fourth-order valence-electron chi connectivity index (χ4n) is 3.84. The fraction of sp³-hybridized carbons (Fsp3) is 0.611. The average Bonchev–Trinajstić information content (AvgIpc) is 3.36. The maximum atomic E-state index is 5.64. The Bertz CT molecular complexity index is 755. The minimum atomic E-state index is 0. The molecule has 7 nitrogen and oxygen atoms in total. The number of halogens is 1. The third kappa shape index (κ3) is 3.95. The SMILES string of the molecule is CCNC(=NCCc1nnc2ccccn12)N1CCC2(CCOC2)C1.I. The Kier molecular flexibility index (Phi) is 6.33. The minimum absolute atomic E-state index is 0. The van der Waals surface area contributed by atoms with Crippen molar-refractivity contribution >= 4 is 35.6 Å². The first-order valence-electron chi connectivity index (χ1n) is 9.19. The van der Waals surface area contributed by atoms with Crippen LogP contribution in [0, 0.1) is 5.41 Å². The van der Waals surface area contributed by atoms with Crippen molar-refractivity contribution in [2.24, 2.45) is 10.4 Å². The van der Waals surface area contributed by atoms with Gasteiger partial charge in [0.25, 0.3) is 0 Å². The van der Waals surface area contributed by atoms with Crippen LogP contribution in [0.1, 0.15) is 25.6 Å². The number of hydrogen-bond donors (Lipinski definition) is 1. The van der Waals surface area contributed by atoms with Crippen molar-refractivity contribution in [3.8, 4) is 0 Å². The van der Waals surface area contributed by atoms with Crippen molar-refractivity contribution in [1.82, 2.24) is 24.8 Å². The van der Waals surface area contributed by atoms with Crippen molar-refractivity contribution in [2.75, 3.05) is 39.4 Å². The first-order chi connectivity index (χ1) is 12.3. The number of likely N-dealkylation sites (tertiary alicyclic amines) is 1. The quantitative estimate of drug-likeness (QED) is 0.421. The number of pyridine rings is 1.